The van der Waals surface area contributed by atoms with Gasteiger partial charge in [-0.3, -0.25) is 0 Å². The summed E-state index contributed by atoms with van der Waals surface area (Å²) in [5, 5.41) is 0. The molecule has 62 valence electrons. The summed E-state index contributed by atoms with van der Waals surface area (Å²) in [4.78, 5) is 10.4. The van der Waals surface area contributed by atoms with Gasteiger partial charge in [-0.2, -0.15) is 0 Å². The minimum atomic E-state index is -0.670. The SMILES string of the molecule is C=C(C)C=CCOC(=O)OC. The van der Waals surface area contributed by atoms with Crippen molar-refractivity contribution < 1.29 is 14.3 Å². The number of hydrogen-bond acceptors (Lipinski definition) is 3. The Balaban J connectivity index is 3.41. The fraction of sp³-hybridized carbons (Fsp3) is 0.375. The lowest BCUT2D eigenvalue weighted by Gasteiger charge is -1.97. The number of ether oxygens (including phenoxy) is 2. The van der Waals surface area contributed by atoms with Gasteiger partial charge in [-0.05, 0) is 13.0 Å². The van der Waals surface area contributed by atoms with Gasteiger partial charge < -0.3 is 9.47 Å². The normalized spacial score (nSPS) is 9.64. The summed E-state index contributed by atoms with van der Waals surface area (Å²) in [5.41, 5.74) is 0.915. The Hall–Kier alpha value is -1.25. The average molecular weight is 156 g/mol. The first-order valence-corrected chi connectivity index (χ1v) is 3.19. The van der Waals surface area contributed by atoms with Crippen LogP contribution in [0.1, 0.15) is 6.92 Å². The Morgan fingerprint density at radius 2 is 2.27 bits per heavy atom. The van der Waals surface area contributed by atoms with Crippen LogP contribution in [-0.4, -0.2) is 19.9 Å². The summed E-state index contributed by atoms with van der Waals surface area (Å²) >= 11 is 0. The first-order valence-electron chi connectivity index (χ1n) is 3.19. The zero-order valence-corrected chi connectivity index (χ0v) is 6.79. The third-order valence-electron chi connectivity index (χ3n) is 0.866. The molecule has 11 heavy (non-hydrogen) atoms. The highest BCUT2D eigenvalue weighted by molar-refractivity contribution is 5.59. The molecule has 0 amide bonds. The highest BCUT2D eigenvalue weighted by Crippen LogP contribution is 1.89. The van der Waals surface area contributed by atoms with E-state index in [4.69, 9.17) is 0 Å². The van der Waals surface area contributed by atoms with E-state index in [2.05, 4.69) is 16.1 Å². The number of carbonyl (C=O) groups is 1. The lowest BCUT2D eigenvalue weighted by molar-refractivity contribution is 0.0818. The monoisotopic (exact) mass is 156 g/mol. The quantitative estimate of drug-likeness (QED) is 0.462. The van der Waals surface area contributed by atoms with E-state index in [0.717, 1.165) is 5.57 Å². The maximum Gasteiger partial charge on any atom is 0.508 e. The second-order valence-corrected chi connectivity index (χ2v) is 2.01. The molecule has 0 aromatic carbocycles. The van der Waals surface area contributed by atoms with Crippen LogP contribution in [0.4, 0.5) is 4.79 Å². The molecule has 0 saturated heterocycles. The van der Waals surface area contributed by atoms with Gasteiger partial charge in [-0.15, -0.1) is 0 Å². The van der Waals surface area contributed by atoms with Crippen molar-refractivity contribution in [3.63, 3.8) is 0 Å². The van der Waals surface area contributed by atoms with Gasteiger partial charge in [0.25, 0.3) is 0 Å². The molecule has 0 rings (SSSR count). The Morgan fingerprint density at radius 1 is 1.64 bits per heavy atom. The summed E-state index contributed by atoms with van der Waals surface area (Å²) in [5.74, 6) is 0. The van der Waals surface area contributed by atoms with E-state index in [1.165, 1.54) is 7.11 Å². The Kier molecular flexibility index (Phi) is 4.90. The van der Waals surface area contributed by atoms with Gasteiger partial charge in [0.05, 0.1) is 7.11 Å². The maximum absolute atomic E-state index is 10.4. The number of methoxy groups -OCH3 is 1. The largest absolute Gasteiger partial charge is 0.508 e. The van der Waals surface area contributed by atoms with E-state index in [9.17, 15) is 4.79 Å². The van der Waals surface area contributed by atoms with Crippen molar-refractivity contribution in [1.82, 2.24) is 0 Å². The molecule has 0 radical (unpaired) electrons. The van der Waals surface area contributed by atoms with Crippen LogP contribution in [0, 0.1) is 0 Å². The zero-order chi connectivity index (χ0) is 8.69. The van der Waals surface area contributed by atoms with Crippen molar-refractivity contribution in [1.29, 1.82) is 0 Å². The first kappa shape index (κ1) is 9.75. The molecule has 0 aromatic heterocycles. The van der Waals surface area contributed by atoms with Crippen LogP contribution in [0.2, 0.25) is 0 Å². The van der Waals surface area contributed by atoms with Crippen LogP contribution in [0.3, 0.4) is 0 Å². The third kappa shape index (κ3) is 6.64. The van der Waals surface area contributed by atoms with Crippen LogP contribution in [0.25, 0.3) is 0 Å². The standard InChI is InChI=1S/C8H12O3/c1-7(2)5-4-6-11-8(9)10-3/h4-5H,1,6H2,2-3H3. The van der Waals surface area contributed by atoms with Gasteiger partial charge in [-0.25, -0.2) is 4.79 Å². The highest BCUT2D eigenvalue weighted by atomic mass is 16.7. The molecule has 0 aliphatic rings. The molecule has 0 fully saturated rings. The van der Waals surface area contributed by atoms with Gasteiger partial charge >= 0.3 is 6.16 Å². The molecule has 0 aromatic rings. The van der Waals surface area contributed by atoms with E-state index in [0.29, 0.717) is 0 Å². The summed E-state index contributed by atoms with van der Waals surface area (Å²) in [6.45, 7) is 5.71. The summed E-state index contributed by atoms with van der Waals surface area (Å²) < 4.78 is 8.79. The van der Waals surface area contributed by atoms with Crippen LogP contribution in [0.5, 0.6) is 0 Å². The van der Waals surface area contributed by atoms with Gasteiger partial charge in [0.2, 0.25) is 0 Å². The molecule has 3 nitrogen and oxygen atoms in total. The van der Waals surface area contributed by atoms with Crippen LogP contribution >= 0.6 is 0 Å². The van der Waals surface area contributed by atoms with E-state index in [1.807, 2.05) is 6.92 Å². The second kappa shape index (κ2) is 5.53. The molecular weight excluding hydrogens is 144 g/mol. The summed E-state index contributed by atoms with van der Waals surface area (Å²) in [6.07, 6.45) is 2.79. The number of allylic oxidation sites excluding steroid dienone is 2. The third-order valence-corrected chi connectivity index (χ3v) is 0.866. The maximum atomic E-state index is 10.4. The molecule has 0 atom stereocenters. The molecule has 0 N–H and O–H groups in total. The molecular formula is C8H12O3. The highest BCUT2D eigenvalue weighted by Gasteiger charge is 1.94. The van der Waals surface area contributed by atoms with Crippen LogP contribution in [-0.2, 0) is 9.47 Å². The molecule has 3 heteroatoms. The van der Waals surface area contributed by atoms with Crippen LogP contribution in [0.15, 0.2) is 24.3 Å². The molecule has 0 heterocycles. The predicted molar refractivity (Wildman–Crippen MR) is 42.3 cm³/mol. The topological polar surface area (TPSA) is 35.5 Å². The van der Waals surface area contributed by atoms with Crippen molar-refractivity contribution in [2.75, 3.05) is 13.7 Å². The van der Waals surface area contributed by atoms with E-state index in [1.54, 1.807) is 12.2 Å². The summed E-state index contributed by atoms with van der Waals surface area (Å²) in [7, 11) is 1.27. The molecule has 0 aliphatic carbocycles. The van der Waals surface area contributed by atoms with Gasteiger partial charge in [0, 0.05) is 0 Å². The average Bonchev–Trinajstić information content (AvgIpc) is 1.97. The molecule has 0 saturated carbocycles. The van der Waals surface area contributed by atoms with E-state index in [-0.39, 0.29) is 6.61 Å². The van der Waals surface area contributed by atoms with Crippen LogP contribution < -0.4 is 0 Å². The molecule has 0 aliphatic heterocycles. The molecule has 0 unspecified atom stereocenters. The van der Waals surface area contributed by atoms with E-state index < -0.39 is 6.16 Å². The minimum Gasteiger partial charge on any atom is -0.438 e. The second-order valence-electron chi connectivity index (χ2n) is 2.01. The van der Waals surface area contributed by atoms with Crippen molar-refractivity contribution >= 4 is 6.16 Å². The smallest absolute Gasteiger partial charge is 0.438 e. The fourth-order valence-electron chi connectivity index (χ4n) is 0.424. The number of carbonyl (C=O) groups excluding carboxylic acids is 1. The van der Waals surface area contributed by atoms with Crippen molar-refractivity contribution in [2.45, 2.75) is 6.92 Å². The summed E-state index contributed by atoms with van der Waals surface area (Å²) in [6, 6.07) is 0. The Labute approximate surface area is 66.3 Å². The Morgan fingerprint density at radius 3 is 2.73 bits per heavy atom. The Bertz CT molecular complexity index is 170. The zero-order valence-electron chi connectivity index (χ0n) is 6.79. The van der Waals surface area contributed by atoms with Gasteiger partial charge in [0.15, 0.2) is 0 Å². The minimum absolute atomic E-state index is 0.222. The first-order chi connectivity index (χ1) is 5.16. The van der Waals surface area contributed by atoms with Crippen molar-refractivity contribution in [3.05, 3.63) is 24.3 Å². The molecule has 0 spiro atoms. The van der Waals surface area contributed by atoms with Crippen molar-refractivity contribution in [2.24, 2.45) is 0 Å². The lowest BCUT2D eigenvalue weighted by atomic mass is 10.3. The van der Waals surface area contributed by atoms with Gasteiger partial charge in [-0.1, -0.05) is 18.2 Å². The number of rotatable bonds is 3. The predicted octanol–water partition coefficient (Wildman–Crippen LogP) is 1.90. The lowest BCUT2D eigenvalue weighted by Crippen LogP contribution is -2.03. The fourth-order valence-corrected chi connectivity index (χ4v) is 0.424. The van der Waals surface area contributed by atoms with Crippen molar-refractivity contribution in [3.8, 4) is 0 Å². The van der Waals surface area contributed by atoms with Gasteiger partial charge in [0.1, 0.15) is 6.61 Å². The molecule has 0 bridgehead atoms. The number of hydrogen-bond donors (Lipinski definition) is 0. The van der Waals surface area contributed by atoms with E-state index >= 15 is 0 Å².